The van der Waals surface area contributed by atoms with Crippen molar-refractivity contribution in [3.8, 4) is 0 Å². The summed E-state index contributed by atoms with van der Waals surface area (Å²) in [5.41, 5.74) is 5.55. The van der Waals surface area contributed by atoms with Crippen LogP contribution >= 0.6 is 34.8 Å². The molecule has 3 N–H and O–H groups in total. The minimum absolute atomic E-state index is 0.150. The zero-order valence-corrected chi connectivity index (χ0v) is 9.07. The fourth-order valence-electron chi connectivity index (χ4n) is 0.974. The second-order valence-corrected chi connectivity index (χ2v) is 3.85. The molecule has 1 aromatic carbocycles. The molecule has 0 aromatic heterocycles. The van der Waals surface area contributed by atoms with Crippen LogP contribution in [0.4, 0.5) is 0 Å². The summed E-state index contributed by atoms with van der Waals surface area (Å²) < 4.78 is 0. The van der Waals surface area contributed by atoms with E-state index in [1.54, 1.807) is 0 Å². The SMILES string of the molecule is NC(C(=O)O)c1c(Cl)cc(Cl)cc1Cl. The van der Waals surface area contributed by atoms with Crippen molar-refractivity contribution >= 4 is 40.8 Å². The van der Waals surface area contributed by atoms with Crippen molar-refractivity contribution in [3.63, 3.8) is 0 Å². The monoisotopic (exact) mass is 253 g/mol. The van der Waals surface area contributed by atoms with Crippen LogP contribution in [0.1, 0.15) is 11.6 Å². The van der Waals surface area contributed by atoms with E-state index in [2.05, 4.69) is 0 Å². The van der Waals surface area contributed by atoms with Crippen LogP contribution in [0.2, 0.25) is 15.1 Å². The molecule has 0 aliphatic carbocycles. The first-order valence-electron chi connectivity index (χ1n) is 3.56. The zero-order valence-electron chi connectivity index (χ0n) is 6.80. The summed E-state index contributed by atoms with van der Waals surface area (Å²) in [6.07, 6.45) is 0. The molecule has 0 spiro atoms. The van der Waals surface area contributed by atoms with Gasteiger partial charge in [-0.05, 0) is 12.1 Å². The molecule has 1 unspecified atom stereocenters. The number of benzene rings is 1. The molecule has 14 heavy (non-hydrogen) atoms. The Hall–Kier alpha value is -0.480. The predicted octanol–water partition coefficient (Wildman–Crippen LogP) is 2.73. The topological polar surface area (TPSA) is 63.3 Å². The van der Waals surface area contributed by atoms with Crippen LogP contribution < -0.4 is 5.73 Å². The van der Waals surface area contributed by atoms with E-state index in [1.807, 2.05) is 0 Å². The first kappa shape index (κ1) is 11.6. The number of rotatable bonds is 2. The standard InChI is InChI=1S/C8H6Cl3NO2/c9-3-1-4(10)6(5(11)2-3)7(12)8(13)14/h1-2,7H,12H2,(H,13,14). The summed E-state index contributed by atoms with van der Waals surface area (Å²) in [6.45, 7) is 0. The number of carbonyl (C=O) groups is 1. The van der Waals surface area contributed by atoms with Gasteiger partial charge in [0.15, 0.2) is 0 Å². The van der Waals surface area contributed by atoms with E-state index in [-0.39, 0.29) is 15.6 Å². The van der Waals surface area contributed by atoms with Gasteiger partial charge >= 0.3 is 5.97 Å². The lowest BCUT2D eigenvalue weighted by Gasteiger charge is -2.11. The van der Waals surface area contributed by atoms with Gasteiger partial charge in [-0.2, -0.15) is 0 Å². The second-order valence-electron chi connectivity index (χ2n) is 2.60. The van der Waals surface area contributed by atoms with Crippen molar-refractivity contribution in [2.45, 2.75) is 6.04 Å². The Morgan fingerprint density at radius 3 is 2.07 bits per heavy atom. The molecule has 1 rings (SSSR count). The number of hydrogen-bond donors (Lipinski definition) is 2. The molecule has 0 radical (unpaired) electrons. The highest BCUT2D eigenvalue weighted by atomic mass is 35.5. The lowest BCUT2D eigenvalue weighted by atomic mass is 10.1. The van der Waals surface area contributed by atoms with Crippen LogP contribution in [0.5, 0.6) is 0 Å². The number of carboxylic acids is 1. The Bertz CT molecular complexity index is 358. The minimum Gasteiger partial charge on any atom is -0.480 e. The molecular weight excluding hydrogens is 248 g/mol. The molecule has 0 heterocycles. The fourth-order valence-corrected chi connectivity index (χ4v) is 2.03. The average Bonchev–Trinajstić information content (AvgIpc) is 2.01. The van der Waals surface area contributed by atoms with Crippen molar-refractivity contribution in [1.82, 2.24) is 0 Å². The van der Waals surface area contributed by atoms with E-state index in [1.165, 1.54) is 12.1 Å². The number of carboxylic acid groups (broad SMARTS) is 1. The molecule has 6 heteroatoms. The summed E-state index contributed by atoms with van der Waals surface area (Å²) >= 11 is 17.2. The largest absolute Gasteiger partial charge is 0.480 e. The molecule has 0 fully saturated rings. The molecule has 0 aliphatic heterocycles. The lowest BCUT2D eigenvalue weighted by molar-refractivity contribution is -0.138. The molecule has 0 aliphatic rings. The van der Waals surface area contributed by atoms with Crippen LogP contribution in [-0.2, 0) is 4.79 Å². The lowest BCUT2D eigenvalue weighted by Crippen LogP contribution is -2.21. The van der Waals surface area contributed by atoms with Gasteiger partial charge in [0.05, 0.1) is 0 Å². The van der Waals surface area contributed by atoms with Crippen LogP contribution in [0.15, 0.2) is 12.1 Å². The third-order valence-corrected chi connectivity index (χ3v) is 2.46. The van der Waals surface area contributed by atoms with E-state index < -0.39 is 12.0 Å². The Kier molecular flexibility index (Phi) is 3.61. The average molecular weight is 254 g/mol. The first-order chi connectivity index (χ1) is 6.43. The van der Waals surface area contributed by atoms with Crippen LogP contribution in [0.25, 0.3) is 0 Å². The van der Waals surface area contributed by atoms with Gasteiger partial charge in [-0.3, -0.25) is 4.79 Å². The smallest absolute Gasteiger partial charge is 0.325 e. The van der Waals surface area contributed by atoms with E-state index in [9.17, 15) is 4.79 Å². The maximum absolute atomic E-state index is 10.6. The Morgan fingerprint density at radius 2 is 1.71 bits per heavy atom. The summed E-state index contributed by atoms with van der Waals surface area (Å²) in [4.78, 5) is 10.6. The van der Waals surface area contributed by atoms with Gasteiger partial charge in [-0.15, -0.1) is 0 Å². The molecule has 1 atom stereocenters. The highest BCUT2D eigenvalue weighted by Gasteiger charge is 2.21. The number of nitrogens with two attached hydrogens (primary N) is 1. The van der Waals surface area contributed by atoms with E-state index in [0.29, 0.717) is 5.02 Å². The fraction of sp³-hybridized carbons (Fsp3) is 0.125. The Labute approximate surface area is 95.4 Å². The minimum atomic E-state index is -1.24. The summed E-state index contributed by atoms with van der Waals surface area (Å²) in [5.74, 6) is -1.20. The predicted molar refractivity (Wildman–Crippen MR) is 56.0 cm³/mol. The molecule has 0 saturated heterocycles. The summed E-state index contributed by atoms with van der Waals surface area (Å²) in [6, 6.07) is 1.55. The molecule has 0 bridgehead atoms. The normalized spacial score (nSPS) is 12.6. The third-order valence-electron chi connectivity index (χ3n) is 1.62. The highest BCUT2D eigenvalue weighted by molar-refractivity contribution is 6.39. The third kappa shape index (κ3) is 2.30. The van der Waals surface area contributed by atoms with Crippen LogP contribution in [-0.4, -0.2) is 11.1 Å². The van der Waals surface area contributed by atoms with E-state index in [0.717, 1.165) is 0 Å². The van der Waals surface area contributed by atoms with Crippen molar-refractivity contribution in [2.24, 2.45) is 5.73 Å². The summed E-state index contributed by atoms with van der Waals surface area (Å²) in [5, 5.41) is 9.31. The molecule has 0 saturated carbocycles. The molecular formula is C8H6Cl3NO2. The van der Waals surface area contributed by atoms with E-state index in [4.69, 9.17) is 45.6 Å². The first-order valence-corrected chi connectivity index (χ1v) is 4.69. The van der Waals surface area contributed by atoms with Gasteiger partial charge < -0.3 is 10.8 Å². The van der Waals surface area contributed by atoms with Gasteiger partial charge in [0.2, 0.25) is 0 Å². The van der Waals surface area contributed by atoms with Crippen LogP contribution in [0, 0.1) is 0 Å². The molecule has 0 amide bonds. The summed E-state index contributed by atoms with van der Waals surface area (Å²) in [7, 11) is 0. The van der Waals surface area contributed by atoms with Gasteiger partial charge in [-0.1, -0.05) is 34.8 Å². The van der Waals surface area contributed by atoms with Gasteiger partial charge in [-0.25, -0.2) is 0 Å². The van der Waals surface area contributed by atoms with Gasteiger partial charge in [0.1, 0.15) is 6.04 Å². The van der Waals surface area contributed by atoms with E-state index >= 15 is 0 Å². The number of hydrogen-bond acceptors (Lipinski definition) is 2. The zero-order chi connectivity index (χ0) is 10.9. The Balaban J connectivity index is 3.27. The number of halogens is 3. The molecule has 1 aromatic rings. The maximum Gasteiger partial charge on any atom is 0.325 e. The highest BCUT2D eigenvalue weighted by Crippen LogP contribution is 2.32. The maximum atomic E-state index is 10.6. The van der Waals surface area contributed by atoms with Crippen molar-refractivity contribution in [2.75, 3.05) is 0 Å². The molecule has 76 valence electrons. The van der Waals surface area contributed by atoms with Gasteiger partial charge in [0.25, 0.3) is 0 Å². The molecule has 3 nitrogen and oxygen atoms in total. The van der Waals surface area contributed by atoms with Crippen molar-refractivity contribution < 1.29 is 9.90 Å². The number of aliphatic carboxylic acids is 1. The van der Waals surface area contributed by atoms with Crippen LogP contribution in [0.3, 0.4) is 0 Å². The van der Waals surface area contributed by atoms with Crippen molar-refractivity contribution in [1.29, 1.82) is 0 Å². The quantitative estimate of drug-likeness (QED) is 0.853. The Morgan fingerprint density at radius 1 is 1.29 bits per heavy atom. The van der Waals surface area contributed by atoms with Crippen molar-refractivity contribution in [3.05, 3.63) is 32.8 Å². The second kappa shape index (κ2) is 4.36. The van der Waals surface area contributed by atoms with Gasteiger partial charge in [0, 0.05) is 20.6 Å².